The lowest BCUT2D eigenvalue weighted by molar-refractivity contribution is -0.136. The number of benzene rings is 2. The van der Waals surface area contributed by atoms with Crippen LogP contribution in [-0.4, -0.2) is 12.1 Å². The second kappa shape index (κ2) is 7.86. The summed E-state index contributed by atoms with van der Waals surface area (Å²) in [5.41, 5.74) is 0.0313. The van der Waals surface area contributed by atoms with Crippen LogP contribution in [0.25, 0.3) is 0 Å². The monoisotopic (exact) mass is 336 g/mol. The second-order valence-corrected chi connectivity index (χ2v) is 5.57. The first-order chi connectivity index (χ1) is 11.4. The molecule has 0 aliphatic carbocycles. The number of alkyl halides is 3. The standard InChI is InChI=1S/C18H19F3N2O/c1-13(11-12-14-7-3-2-4-8-14)22-17(24)23-16-10-6-5-9-15(16)18(19,20)21/h2-10,13H,11-12H2,1H3,(H2,22,23,24)/t13-/m0/s1. The normalized spacial score (nSPS) is 12.5. The van der Waals surface area contributed by atoms with E-state index >= 15 is 0 Å². The first-order valence-corrected chi connectivity index (χ1v) is 7.64. The molecule has 0 heterocycles. The van der Waals surface area contributed by atoms with Gasteiger partial charge in [-0.05, 0) is 37.5 Å². The number of anilines is 1. The number of rotatable bonds is 5. The van der Waals surface area contributed by atoms with E-state index in [9.17, 15) is 18.0 Å². The van der Waals surface area contributed by atoms with Crippen molar-refractivity contribution in [2.75, 3.05) is 5.32 Å². The van der Waals surface area contributed by atoms with Crippen LogP contribution in [0.2, 0.25) is 0 Å². The minimum atomic E-state index is -4.51. The molecule has 24 heavy (non-hydrogen) atoms. The molecule has 0 aliphatic rings. The van der Waals surface area contributed by atoms with E-state index in [1.54, 1.807) is 0 Å². The Kier molecular flexibility index (Phi) is 5.84. The van der Waals surface area contributed by atoms with Crippen molar-refractivity contribution in [1.29, 1.82) is 0 Å². The zero-order chi connectivity index (χ0) is 17.6. The van der Waals surface area contributed by atoms with Crippen LogP contribution in [0.3, 0.4) is 0 Å². The van der Waals surface area contributed by atoms with Gasteiger partial charge in [0.05, 0.1) is 11.3 Å². The molecule has 0 aromatic heterocycles. The first-order valence-electron chi connectivity index (χ1n) is 7.64. The molecule has 6 heteroatoms. The molecule has 128 valence electrons. The number of halogens is 3. The molecule has 0 unspecified atom stereocenters. The lowest BCUT2D eigenvalue weighted by Crippen LogP contribution is -2.36. The molecule has 2 N–H and O–H groups in total. The van der Waals surface area contributed by atoms with Gasteiger partial charge in [-0.2, -0.15) is 13.2 Å². The van der Waals surface area contributed by atoms with Gasteiger partial charge in [0.15, 0.2) is 0 Å². The first kappa shape index (κ1) is 17.8. The number of urea groups is 1. The van der Waals surface area contributed by atoms with E-state index in [-0.39, 0.29) is 11.7 Å². The number of amides is 2. The van der Waals surface area contributed by atoms with Gasteiger partial charge in [0.1, 0.15) is 0 Å². The maximum atomic E-state index is 12.9. The highest BCUT2D eigenvalue weighted by atomic mass is 19.4. The third kappa shape index (κ3) is 5.30. The van der Waals surface area contributed by atoms with Gasteiger partial charge in [0, 0.05) is 6.04 Å². The third-order valence-corrected chi connectivity index (χ3v) is 3.57. The fourth-order valence-electron chi connectivity index (χ4n) is 2.32. The van der Waals surface area contributed by atoms with Crippen LogP contribution < -0.4 is 10.6 Å². The summed E-state index contributed by atoms with van der Waals surface area (Å²) in [6, 6.07) is 13.9. The fraction of sp³-hybridized carbons (Fsp3) is 0.278. The number of carbonyl (C=O) groups excluding carboxylic acids is 1. The molecule has 0 radical (unpaired) electrons. The van der Waals surface area contributed by atoms with Crippen LogP contribution in [0.5, 0.6) is 0 Å². The maximum absolute atomic E-state index is 12.9. The smallest absolute Gasteiger partial charge is 0.335 e. The number of aryl methyl sites for hydroxylation is 1. The summed E-state index contributed by atoms with van der Waals surface area (Å²) in [7, 11) is 0. The molecular weight excluding hydrogens is 317 g/mol. The molecule has 0 bridgehead atoms. The minimum absolute atomic E-state index is 0.164. The van der Waals surface area contributed by atoms with Gasteiger partial charge >= 0.3 is 12.2 Å². The Bertz CT molecular complexity index is 671. The Morgan fingerprint density at radius 1 is 1.04 bits per heavy atom. The Labute approximate surface area is 138 Å². The van der Waals surface area contributed by atoms with E-state index in [0.29, 0.717) is 6.42 Å². The van der Waals surface area contributed by atoms with Crippen molar-refractivity contribution in [2.45, 2.75) is 32.0 Å². The zero-order valence-electron chi connectivity index (χ0n) is 13.2. The van der Waals surface area contributed by atoms with Gasteiger partial charge in [0.25, 0.3) is 0 Å². The number of carbonyl (C=O) groups is 1. The molecular formula is C18H19F3N2O. The molecule has 1 atom stereocenters. The Morgan fingerprint density at radius 2 is 1.67 bits per heavy atom. The van der Waals surface area contributed by atoms with E-state index in [2.05, 4.69) is 10.6 Å². The quantitative estimate of drug-likeness (QED) is 0.805. The lowest BCUT2D eigenvalue weighted by Gasteiger charge is -2.17. The average molecular weight is 336 g/mol. The fourth-order valence-corrected chi connectivity index (χ4v) is 2.32. The van der Waals surface area contributed by atoms with Gasteiger partial charge < -0.3 is 10.6 Å². The maximum Gasteiger partial charge on any atom is 0.418 e. The van der Waals surface area contributed by atoms with E-state index in [0.717, 1.165) is 18.1 Å². The molecule has 2 aromatic carbocycles. The van der Waals surface area contributed by atoms with Crippen LogP contribution in [-0.2, 0) is 12.6 Å². The van der Waals surface area contributed by atoms with E-state index in [4.69, 9.17) is 0 Å². The van der Waals surface area contributed by atoms with Crippen molar-refractivity contribution in [1.82, 2.24) is 5.32 Å². The molecule has 0 saturated carbocycles. The summed E-state index contributed by atoms with van der Waals surface area (Å²) >= 11 is 0. The predicted octanol–water partition coefficient (Wildman–Crippen LogP) is 4.85. The molecule has 2 rings (SSSR count). The van der Waals surface area contributed by atoms with Crippen LogP contribution >= 0.6 is 0 Å². The highest BCUT2D eigenvalue weighted by Crippen LogP contribution is 2.34. The van der Waals surface area contributed by atoms with Gasteiger partial charge in [-0.25, -0.2) is 4.79 Å². The van der Waals surface area contributed by atoms with Crippen LogP contribution in [0.4, 0.5) is 23.7 Å². The van der Waals surface area contributed by atoms with Crippen LogP contribution in [0, 0.1) is 0 Å². The minimum Gasteiger partial charge on any atom is -0.335 e. The molecule has 0 spiro atoms. The Morgan fingerprint density at radius 3 is 2.33 bits per heavy atom. The lowest BCUT2D eigenvalue weighted by atomic mass is 10.1. The number of para-hydroxylation sites is 1. The SMILES string of the molecule is C[C@@H](CCc1ccccc1)NC(=O)Nc1ccccc1C(F)(F)F. The number of nitrogens with one attached hydrogen (secondary N) is 2. The summed E-state index contributed by atoms with van der Waals surface area (Å²) in [6.45, 7) is 1.82. The summed E-state index contributed by atoms with van der Waals surface area (Å²) in [6.07, 6.45) is -3.04. The van der Waals surface area contributed by atoms with Gasteiger partial charge in [-0.1, -0.05) is 42.5 Å². The number of hydrogen-bond acceptors (Lipinski definition) is 1. The van der Waals surface area contributed by atoms with Crippen LogP contribution in [0.15, 0.2) is 54.6 Å². The van der Waals surface area contributed by atoms with Crippen LogP contribution in [0.1, 0.15) is 24.5 Å². The molecule has 2 amide bonds. The molecule has 0 fully saturated rings. The van der Waals surface area contributed by atoms with E-state index in [1.165, 1.54) is 18.2 Å². The van der Waals surface area contributed by atoms with E-state index < -0.39 is 17.8 Å². The molecule has 0 aliphatic heterocycles. The Balaban J connectivity index is 1.89. The van der Waals surface area contributed by atoms with Crippen molar-refractivity contribution in [2.24, 2.45) is 0 Å². The van der Waals surface area contributed by atoms with Crippen molar-refractivity contribution in [3.63, 3.8) is 0 Å². The zero-order valence-corrected chi connectivity index (χ0v) is 13.2. The topological polar surface area (TPSA) is 41.1 Å². The van der Waals surface area contributed by atoms with Gasteiger partial charge in [-0.3, -0.25) is 0 Å². The molecule has 3 nitrogen and oxygen atoms in total. The van der Waals surface area contributed by atoms with Crippen molar-refractivity contribution in [3.05, 3.63) is 65.7 Å². The van der Waals surface area contributed by atoms with Gasteiger partial charge in [0.2, 0.25) is 0 Å². The van der Waals surface area contributed by atoms with Crippen molar-refractivity contribution in [3.8, 4) is 0 Å². The molecule has 2 aromatic rings. The van der Waals surface area contributed by atoms with Crippen molar-refractivity contribution >= 4 is 11.7 Å². The Hall–Kier alpha value is -2.50. The summed E-state index contributed by atoms with van der Waals surface area (Å²) in [4.78, 5) is 11.9. The average Bonchev–Trinajstić information content (AvgIpc) is 2.53. The second-order valence-electron chi connectivity index (χ2n) is 5.57. The summed E-state index contributed by atoms with van der Waals surface area (Å²) < 4.78 is 38.7. The largest absolute Gasteiger partial charge is 0.418 e. The van der Waals surface area contributed by atoms with Gasteiger partial charge in [-0.15, -0.1) is 0 Å². The van der Waals surface area contributed by atoms with Crippen molar-refractivity contribution < 1.29 is 18.0 Å². The highest BCUT2D eigenvalue weighted by Gasteiger charge is 2.33. The van der Waals surface area contributed by atoms with E-state index in [1.807, 2.05) is 37.3 Å². The third-order valence-electron chi connectivity index (χ3n) is 3.57. The highest BCUT2D eigenvalue weighted by molar-refractivity contribution is 5.90. The molecule has 0 saturated heterocycles. The summed E-state index contributed by atoms with van der Waals surface area (Å²) in [5.74, 6) is 0. The predicted molar refractivity (Wildman–Crippen MR) is 87.8 cm³/mol. The summed E-state index contributed by atoms with van der Waals surface area (Å²) in [5, 5.41) is 4.94. The number of hydrogen-bond donors (Lipinski definition) is 2.